The molecule has 2 fully saturated rings. The summed E-state index contributed by atoms with van der Waals surface area (Å²) in [5.41, 5.74) is 1.60. The minimum Gasteiger partial charge on any atom is -0.394 e. The summed E-state index contributed by atoms with van der Waals surface area (Å²) in [4.78, 5) is 26.2. The van der Waals surface area contributed by atoms with Gasteiger partial charge in [0.05, 0.1) is 12.6 Å². The molecular formula is C20H28N2O5. The molecular weight excluding hydrogens is 348 g/mol. The Labute approximate surface area is 159 Å². The van der Waals surface area contributed by atoms with Crippen molar-refractivity contribution in [3.63, 3.8) is 0 Å². The van der Waals surface area contributed by atoms with Crippen molar-refractivity contribution in [1.29, 1.82) is 0 Å². The van der Waals surface area contributed by atoms with Crippen LogP contribution < -0.4 is 5.32 Å². The predicted molar refractivity (Wildman–Crippen MR) is 100 cm³/mol. The molecule has 1 aromatic carbocycles. The first-order valence-corrected chi connectivity index (χ1v) is 9.53. The second-order valence-electron chi connectivity index (χ2n) is 7.37. The first kappa shape index (κ1) is 19.8. The van der Waals surface area contributed by atoms with Crippen LogP contribution in [0.2, 0.25) is 0 Å². The third kappa shape index (κ3) is 4.48. The van der Waals surface area contributed by atoms with E-state index in [1.807, 2.05) is 38.1 Å². The lowest BCUT2D eigenvalue weighted by Gasteiger charge is -2.42. The molecule has 0 bridgehead atoms. The Morgan fingerprint density at radius 1 is 1.26 bits per heavy atom. The van der Waals surface area contributed by atoms with E-state index in [0.29, 0.717) is 13.2 Å². The van der Waals surface area contributed by atoms with Gasteiger partial charge in [0.15, 0.2) is 0 Å². The van der Waals surface area contributed by atoms with Crippen molar-refractivity contribution < 1.29 is 24.2 Å². The molecule has 2 unspecified atom stereocenters. The van der Waals surface area contributed by atoms with E-state index in [-0.39, 0.29) is 37.0 Å². The Balaban J connectivity index is 1.68. The summed E-state index contributed by atoms with van der Waals surface area (Å²) in [5.74, 6) is -0.102. The molecule has 0 radical (unpaired) electrons. The summed E-state index contributed by atoms with van der Waals surface area (Å²) in [7, 11) is 0. The van der Waals surface area contributed by atoms with Gasteiger partial charge in [-0.25, -0.2) is 0 Å². The van der Waals surface area contributed by atoms with Crippen molar-refractivity contribution in [2.24, 2.45) is 5.92 Å². The summed E-state index contributed by atoms with van der Waals surface area (Å²) < 4.78 is 11.0. The van der Waals surface area contributed by atoms with Crippen molar-refractivity contribution >= 4 is 17.5 Å². The summed E-state index contributed by atoms with van der Waals surface area (Å²) in [6, 6.07) is 6.98. The van der Waals surface area contributed by atoms with Crippen molar-refractivity contribution in [3.05, 3.63) is 29.8 Å². The van der Waals surface area contributed by atoms with Gasteiger partial charge in [0.1, 0.15) is 12.7 Å². The van der Waals surface area contributed by atoms with E-state index in [0.717, 1.165) is 24.1 Å². The van der Waals surface area contributed by atoms with E-state index in [1.165, 1.54) is 0 Å². The number of amides is 2. The number of hydrogen-bond acceptors (Lipinski definition) is 5. The highest BCUT2D eigenvalue weighted by Gasteiger charge is 2.38. The number of ether oxygens (including phenoxy) is 2. The van der Waals surface area contributed by atoms with E-state index in [9.17, 15) is 14.7 Å². The third-order valence-electron chi connectivity index (χ3n) is 5.22. The average Bonchev–Trinajstić information content (AvgIpc) is 2.68. The average molecular weight is 376 g/mol. The number of carbonyl (C=O) groups excluding carboxylic acids is 2. The summed E-state index contributed by atoms with van der Waals surface area (Å²) >= 11 is 0. The van der Waals surface area contributed by atoms with Crippen LogP contribution in [0.4, 0.5) is 5.69 Å². The molecule has 1 aromatic rings. The maximum atomic E-state index is 12.3. The van der Waals surface area contributed by atoms with Crippen LogP contribution in [0.5, 0.6) is 0 Å². The topological polar surface area (TPSA) is 88.1 Å². The number of nitrogens with one attached hydrogen (secondary N) is 1. The quantitative estimate of drug-likeness (QED) is 0.817. The van der Waals surface area contributed by atoms with Crippen LogP contribution in [-0.4, -0.2) is 60.3 Å². The van der Waals surface area contributed by atoms with Crippen LogP contribution in [-0.2, 0) is 19.1 Å². The lowest BCUT2D eigenvalue weighted by Crippen LogP contribution is -2.55. The van der Waals surface area contributed by atoms with Gasteiger partial charge in [0.25, 0.3) is 0 Å². The molecule has 2 N–H and O–H groups in total. The second-order valence-corrected chi connectivity index (χ2v) is 7.37. The highest BCUT2D eigenvalue weighted by atomic mass is 16.5. The Morgan fingerprint density at radius 3 is 2.52 bits per heavy atom. The number of benzene rings is 1. The van der Waals surface area contributed by atoms with Gasteiger partial charge < -0.3 is 24.8 Å². The number of carbonyl (C=O) groups is 2. The number of anilines is 1. The minimum absolute atomic E-state index is 0.00157. The maximum absolute atomic E-state index is 12.3. The molecule has 2 amide bonds. The van der Waals surface area contributed by atoms with Gasteiger partial charge in [0, 0.05) is 30.9 Å². The molecule has 0 saturated carbocycles. The number of aliphatic hydroxyl groups excluding tert-OH is 1. The van der Waals surface area contributed by atoms with Crippen molar-refractivity contribution in [1.82, 2.24) is 4.90 Å². The molecule has 2 saturated heterocycles. The Morgan fingerprint density at radius 2 is 1.93 bits per heavy atom. The fraction of sp³-hybridized carbons (Fsp3) is 0.600. The van der Waals surface area contributed by atoms with E-state index < -0.39 is 12.1 Å². The molecule has 0 aliphatic carbocycles. The zero-order valence-corrected chi connectivity index (χ0v) is 15.9. The van der Waals surface area contributed by atoms with Gasteiger partial charge in [-0.15, -0.1) is 0 Å². The van der Waals surface area contributed by atoms with Crippen LogP contribution >= 0.6 is 0 Å². The maximum Gasteiger partial charge on any atom is 0.249 e. The molecule has 7 heteroatoms. The number of hydrogen-bond donors (Lipinski definition) is 2. The zero-order chi connectivity index (χ0) is 19.4. The Bertz CT molecular complexity index is 655. The van der Waals surface area contributed by atoms with Crippen LogP contribution in [0.1, 0.15) is 38.4 Å². The summed E-state index contributed by atoms with van der Waals surface area (Å²) in [6.45, 7) is 4.95. The van der Waals surface area contributed by atoms with Crippen LogP contribution in [0.3, 0.4) is 0 Å². The fourth-order valence-electron chi connectivity index (χ4n) is 3.81. The summed E-state index contributed by atoms with van der Waals surface area (Å²) in [6.07, 6.45) is 1.10. The first-order chi connectivity index (χ1) is 13.0. The van der Waals surface area contributed by atoms with Crippen molar-refractivity contribution in [2.45, 2.75) is 44.9 Å². The molecule has 148 valence electrons. The molecule has 0 aromatic heterocycles. The lowest BCUT2D eigenvalue weighted by molar-refractivity contribution is -0.164. The van der Waals surface area contributed by atoms with Gasteiger partial charge in [-0.2, -0.15) is 0 Å². The largest absolute Gasteiger partial charge is 0.394 e. The summed E-state index contributed by atoms with van der Waals surface area (Å²) in [5, 5.41) is 12.8. The Kier molecular flexibility index (Phi) is 6.46. The van der Waals surface area contributed by atoms with Crippen molar-refractivity contribution in [2.75, 3.05) is 31.7 Å². The van der Waals surface area contributed by atoms with Gasteiger partial charge in [-0.3, -0.25) is 9.59 Å². The van der Waals surface area contributed by atoms with Gasteiger partial charge in [-0.1, -0.05) is 12.1 Å². The molecule has 2 aliphatic heterocycles. The lowest BCUT2D eigenvalue weighted by atomic mass is 9.97. The standard InChI is InChI=1S/C20H28N2O5/c1-13(2)22-17(11-23)19(27-12-18(22)24)14-3-5-16(6-4-14)21-20(25)15-7-9-26-10-8-15/h3-6,13,15,17,19,23H,7-12H2,1-2H3,(H,21,25). The van der Waals surface area contributed by atoms with E-state index in [2.05, 4.69) is 5.32 Å². The normalized spacial score (nSPS) is 24.3. The minimum atomic E-state index is -0.422. The van der Waals surface area contributed by atoms with Gasteiger partial charge in [-0.05, 0) is 44.4 Å². The molecule has 2 heterocycles. The zero-order valence-electron chi connectivity index (χ0n) is 15.9. The number of morpholine rings is 1. The van der Waals surface area contributed by atoms with E-state index >= 15 is 0 Å². The molecule has 0 spiro atoms. The van der Waals surface area contributed by atoms with Gasteiger partial charge in [0.2, 0.25) is 11.8 Å². The van der Waals surface area contributed by atoms with Crippen LogP contribution in [0, 0.1) is 5.92 Å². The highest BCUT2D eigenvalue weighted by Crippen LogP contribution is 2.31. The first-order valence-electron chi connectivity index (χ1n) is 9.53. The van der Waals surface area contributed by atoms with E-state index in [1.54, 1.807) is 4.90 Å². The second kappa shape index (κ2) is 8.82. The monoisotopic (exact) mass is 376 g/mol. The Hall–Kier alpha value is -1.96. The van der Waals surface area contributed by atoms with Crippen molar-refractivity contribution in [3.8, 4) is 0 Å². The molecule has 2 aliphatic rings. The van der Waals surface area contributed by atoms with E-state index in [4.69, 9.17) is 9.47 Å². The SMILES string of the molecule is CC(C)N1C(=O)COC(c2ccc(NC(=O)C3CCOCC3)cc2)C1CO. The predicted octanol–water partition coefficient (Wildman–Crippen LogP) is 1.72. The molecule has 7 nitrogen and oxygen atoms in total. The number of rotatable bonds is 5. The van der Waals surface area contributed by atoms with Crippen LogP contribution in [0.15, 0.2) is 24.3 Å². The molecule has 2 atom stereocenters. The van der Waals surface area contributed by atoms with Gasteiger partial charge >= 0.3 is 0 Å². The van der Waals surface area contributed by atoms with Crippen LogP contribution in [0.25, 0.3) is 0 Å². The molecule has 27 heavy (non-hydrogen) atoms. The number of nitrogens with zero attached hydrogens (tertiary/aromatic N) is 1. The smallest absolute Gasteiger partial charge is 0.249 e. The third-order valence-corrected chi connectivity index (χ3v) is 5.22. The highest BCUT2D eigenvalue weighted by molar-refractivity contribution is 5.92. The fourth-order valence-corrected chi connectivity index (χ4v) is 3.81. The number of aliphatic hydroxyl groups is 1. The molecule has 3 rings (SSSR count).